The first kappa shape index (κ1) is 96.1. The Morgan fingerprint density at radius 3 is 0.633 bits per heavy atom. The molecule has 0 aliphatic heterocycles. The summed E-state index contributed by atoms with van der Waals surface area (Å²) in [5, 5.41) is 10.6. The molecule has 0 aromatic carbocycles. The van der Waals surface area contributed by atoms with Crippen molar-refractivity contribution < 1.29 is 80.2 Å². The van der Waals surface area contributed by atoms with Crippen LogP contribution >= 0.6 is 15.6 Å². The van der Waals surface area contributed by atoms with Crippen LogP contribution in [0.1, 0.15) is 402 Å². The first-order valence-electron chi connectivity index (χ1n) is 40.7. The molecule has 0 aliphatic rings. The molecule has 0 fully saturated rings. The molecule has 0 bridgehead atoms. The molecule has 5 atom stereocenters. The zero-order chi connectivity index (χ0) is 72.4. The second-order valence-corrected chi connectivity index (χ2v) is 33.3. The van der Waals surface area contributed by atoms with Crippen LogP contribution in [-0.4, -0.2) is 96.7 Å². The number of carbonyl (C=O) groups excluding carboxylic acids is 4. The van der Waals surface area contributed by atoms with Gasteiger partial charge in [-0.05, 0) is 49.4 Å². The van der Waals surface area contributed by atoms with Gasteiger partial charge in [-0.2, -0.15) is 0 Å². The summed E-state index contributed by atoms with van der Waals surface area (Å²) in [6.07, 6.45) is 54.2. The van der Waals surface area contributed by atoms with E-state index in [9.17, 15) is 43.2 Å². The number of phosphoric acid groups is 2. The molecule has 19 heteroatoms. The number of esters is 4. The highest BCUT2D eigenvalue weighted by atomic mass is 31.2. The molecule has 0 aromatic rings. The third kappa shape index (κ3) is 72.4. The van der Waals surface area contributed by atoms with E-state index in [2.05, 4.69) is 55.4 Å². The van der Waals surface area contributed by atoms with Crippen LogP contribution < -0.4 is 0 Å². The molecule has 0 radical (unpaired) electrons. The summed E-state index contributed by atoms with van der Waals surface area (Å²) in [5.74, 6) is 0.934. The highest BCUT2D eigenvalue weighted by Crippen LogP contribution is 2.45. The third-order valence-electron chi connectivity index (χ3n) is 18.3. The van der Waals surface area contributed by atoms with E-state index in [-0.39, 0.29) is 25.7 Å². The van der Waals surface area contributed by atoms with E-state index >= 15 is 0 Å². The van der Waals surface area contributed by atoms with Crippen molar-refractivity contribution in [3.63, 3.8) is 0 Å². The Bertz CT molecular complexity index is 1920. The van der Waals surface area contributed by atoms with Gasteiger partial charge in [-0.25, -0.2) is 9.13 Å². The molecule has 3 N–H and O–H groups in total. The first-order chi connectivity index (χ1) is 47.1. The van der Waals surface area contributed by atoms with Crippen LogP contribution in [0.15, 0.2) is 0 Å². The Morgan fingerprint density at radius 2 is 0.429 bits per heavy atom. The van der Waals surface area contributed by atoms with E-state index in [0.29, 0.717) is 31.6 Å². The number of rotatable bonds is 76. The van der Waals surface area contributed by atoms with Crippen molar-refractivity contribution in [1.29, 1.82) is 0 Å². The summed E-state index contributed by atoms with van der Waals surface area (Å²) in [6.45, 7) is 14.2. The van der Waals surface area contributed by atoms with Gasteiger partial charge in [0.2, 0.25) is 0 Å². The van der Waals surface area contributed by atoms with Crippen molar-refractivity contribution in [1.82, 2.24) is 0 Å². The average Bonchev–Trinajstić information content (AvgIpc) is 0.957. The molecule has 0 spiro atoms. The summed E-state index contributed by atoms with van der Waals surface area (Å²) in [7, 11) is -9.92. The molecule has 2 unspecified atom stereocenters. The minimum absolute atomic E-state index is 0.106. The van der Waals surface area contributed by atoms with Crippen molar-refractivity contribution in [2.24, 2.45) is 23.7 Å². The van der Waals surface area contributed by atoms with E-state index < -0.39 is 97.5 Å². The van der Waals surface area contributed by atoms with Gasteiger partial charge in [-0.3, -0.25) is 37.3 Å². The molecule has 0 aliphatic carbocycles. The maximum atomic E-state index is 13.1. The fourth-order valence-corrected chi connectivity index (χ4v) is 13.7. The van der Waals surface area contributed by atoms with E-state index in [1.54, 1.807) is 0 Å². The molecule has 582 valence electrons. The fourth-order valence-electron chi connectivity index (χ4n) is 12.1. The van der Waals surface area contributed by atoms with Crippen molar-refractivity contribution in [3.8, 4) is 0 Å². The Balaban J connectivity index is 5.23. The number of aliphatic hydroxyl groups is 1. The summed E-state index contributed by atoms with van der Waals surface area (Å²) >= 11 is 0. The van der Waals surface area contributed by atoms with Crippen LogP contribution in [0, 0.1) is 23.7 Å². The average molecular weight is 1440 g/mol. The molecular formula is C79H154O17P2. The molecular weight excluding hydrogens is 1280 g/mol. The van der Waals surface area contributed by atoms with Crippen LogP contribution in [0.2, 0.25) is 0 Å². The smallest absolute Gasteiger partial charge is 0.462 e. The Hall–Kier alpha value is -1.94. The number of phosphoric ester groups is 2. The predicted molar refractivity (Wildman–Crippen MR) is 400 cm³/mol. The molecule has 0 amide bonds. The third-order valence-corrected chi connectivity index (χ3v) is 20.2. The van der Waals surface area contributed by atoms with Gasteiger partial charge in [0, 0.05) is 25.7 Å². The summed E-state index contributed by atoms with van der Waals surface area (Å²) in [6, 6.07) is 0. The van der Waals surface area contributed by atoms with Crippen LogP contribution in [0.25, 0.3) is 0 Å². The zero-order valence-electron chi connectivity index (χ0n) is 64.4. The summed E-state index contributed by atoms with van der Waals surface area (Å²) < 4.78 is 68.6. The number of carbonyl (C=O) groups is 4. The molecule has 0 saturated heterocycles. The maximum absolute atomic E-state index is 13.1. The van der Waals surface area contributed by atoms with Crippen molar-refractivity contribution in [2.75, 3.05) is 39.6 Å². The lowest BCUT2D eigenvalue weighted by Crippen LogP contribution is -2.30. The number of hydrogen-bond acceptors (Lipinski definition) is 15. The maximum Gasteiger partial charge on any atom is 0.472 e. The van der Waals surface area contributed by atoms with E-state index in [0.717, 1.165) is 114 Å². The minimum Gasteiger partial charge on any atom is -0.462 e. The largest absolute Gasteiger partial charge is 0.472 e. The standard InChI is InChI=1S/C79H154O17P2/c1-69(2)55-47-39-31-25-19-13-9-10-16-22-28-34-43-51-59-76(81)89-65-74(95-78(83)61-53-45-35-29-23-17-11-14-20-26-32-40-48-56-70(3)4)67-93-97(85,86)91-63-73(80)64-92-98(87,88)94-68-75(66-90-77(82)60-52-44-38-37-42-50-58-72(7)8)96-79(84)62-54-46-36-30-24-18-12-15-21-27-33-41-49-57-71(5)6/h69-75,80H,9-68H2,1-8H3,(H,85,86)(H,87,88)/t73-,74-,75-/m1/s1. The van der Waals surface area contributed by atoms with Gasteiger partial charge >= 0.3 is 39.5 Å². The molecule has 0 heterocycles. The normalized spacial score (nSPS) is 14.1. The van der Waals surface area contributed by atoms with Gasteiger partial charge in [-0.1, -0.05) is 351 Å². The zero-order valence-corrected chi connectivity index (χ0v) is 66.2. The lowest BCUT2D eigenvalue weighted by atomic mass is 10.0. The quantitative estimate of drug-likeness (QED) is 0.0222. The number of ether oxygens (including phenoxy) is 4. The van der Waals surface area contributed by atoms with Crippen LogP contribution in [0.5, 0.6) is 0 Å². The summed E-state index contributed by atoms with van der Waals surface area (Å²) in [4.78, 5) is 72.9. The SMILES string of the molecule is CC(C)CCCCCCCCCCCCCCCCC(=O)OC[C@H](COP(=O)(O)OC[C@@H](O)COP(=O)(O)OC[C@@H](COC(=O)CCCCCCCCC(C)C)OC(=O)CCCCCCCCCCCCCCCC(C)C)OC(=O)CCCCCCCCCCCCCCCC(C)C. The van der Waals surface area contributed by atoms with Gasteiger partial charge in [0.05, 0.1) is 26.4 Å². The Morgan fingerprint density at radius 1 is 0.255 bits per heavy atom. The predicted octanol–water partition coefficient (Wildman–Crippen LogP) is 23.2. The summed E-state index contributed by atoms with van der Waals surface area (Å²) in [5.41, 5.74) is 0. The highest BCUT2D eigenvalue weighted by molar-refractivity contribution is 7.47. The number of aliphatic hydroxyl groups excluding tert-OH is 1. The van der Waals surface area contributed by atoms with Crippen LogP contribution in [0.4, 0.5) is 0 Å². The first-order valence-corrected chi connectivity index (χ1v) is 43.7. The van der Waals surface area contributed by atoms with Gasteiger partial charge in [0.25, 0.3) is 0 Å². The van der Waals surface area contributed by atoms with Crippen molar-refractivity contribution in [3.05, 3.63) is 0 Å². The number of unbranched alkanes of at least 4 members (excludes halogenated alkanes) is 42. The second kappa shape index (κ2) is 68.2. The topological polar surface area (TPSA) is 237 Å². The van der Waals surface area contributed by atoms with Crippen molar-refractivity contribution >= 4 is 39.5 Å². The van der Waals surface area contributed by atoms with Crippen LogP contribution in [0.3, 0.4) is 0 Å². The van der Waals surface area contributed by atoms with E-state index in [4.69, 9.17) is 37.0 Å². The fraction of sp³-hybridized carbons (Fsp3) is 0.949. The molecule has 0 rings (SSSR count). The number of hydrogen-bond donors (Lipinski definition) is 3. The Labute approximate surface area is 600 Å². The monoisotopic (exact) mass is 1440 g/mol. The van der Waals surface area contributed by atoms with Crippen molar-refractivity contribution in [2.45, 2.75) is 420 Å². The lowest BCUT2D eigenvalue weighted by molar-refractivity contribution is -0.161. The molecule has 0 saturated carbocycles. The molecule has 0 aromatic heterocycles. The molecule has 98 heavy (non-hydrogen) atoms. The molecule has 17 nitrogen and oxygen atoms in total. The van der Waals surface area contributed by atoms with E-state index in [1.807, 2.05) is 0 Å². The van der Waals surface area contributed by atoms with Gasteiger partial charge < -0.3 is 33.8 Å². The minimum atomic E-state index is -4.96. The van der Waals surface area contributed by atoms with E-state index in [1.165, 1.54) is 199 Å². The lowest BCUT2D eigenvalue weighted by Gasteiger charge is -2.21. The van der Waals surface area contributed by atoms with Gasteiger partial charge in [0.15, 0.2) is 12.2 Å². The highest BCUT2D eigenvalue weighted by Gasteiger charge is 2.30. The van der Waals surface area contributed by atoms with Gasteiger partial charge in [0.1, 0.15) is 19.3 Å². The van der Waals surface area contributed by atoms with Gasteiger partial charge in [-0.15, -0.1) is 0 Å². The Kier molecular flexibility index (Phi) is 66.8. The second-order valence-electron chi connectivity index (χ2n) is 30.4. The van der Waals surface area contributed by atoms with Crippen LogP contribution in [-0.2, 0) is 65.4 Å².